The predicted molar refractivity (Wildman–Crippen MR) is 71.1 cm³/mol. The molecule has 1 aliphatic carbocycles. The molecular weight excluding hydrogens is 230 g/mol. The zero-order chi connectivity index (χ0) is 13.0. The number of anilines is 1. The molecule has 2 atom stereocenters. The van der Waals surface area contributed by atoms with Crippen LogP contribution in [0.25, 0.3) is 0 Å². The largest absolute Gasteiger partial charge is 0.497 e. The van der Waals surface area contributed by atoms with Crippen LogP contribution in [0.4, 0.5) is 5.69 Å². The van der Waals surface area contributed by atoms with Crippen molar-refractivity contribution in [2.24, 2.45) is 0 Å². The van der Waals surface area contributed by atoms with Gasteiger partial charge in [-0.15, -0.1) is 0 Å². The summed E-state index contributed by atoms with van der Waals surface area (Å²) in [6, 6.07) is 5.48. The molecule has 0 aromatic heterocycles. The Labute approximate surface area is 108 Å². The molecule has 0 heterocycles. The van der Waals surface area contributed by atoms with E-state index in [1.54, 1.807) is 14.2 Å². The summed E-state index contributed by atoms with van der Waals surface area (Å²) >= 11 is 0. The van der Waals surface area contributed by atoms with E-state index >= 15 is 0 Å². The van der Waals surface area contributed by atoms with Gasteiger partial charge in [0, 0.05) is 19.6 Å². The van der Waals surface area contributed by atoms with Crippen molar-refractivity contribution in [2.75, 3.05) is 20.0 Å². The fraction of sp³-hybridized carbons (Fsp3) is 0.571. The molecule has 2 unspecified atom stereocenters. The van der Waals surface area contributed by atoms with Gasteiger partial charge in [-0.05, 0) is 31.4 Å². The third-order valence-corrected chi connectivity index (χ3v) is 3.43. The van der Waals surface area contributed by atoms with Crippen molar-refractivity contribution < 1.29 is 14.2 Å². The molecule has 1 aromatic rings. The molecule has 2 N–H and O–H groups in total. The van der Waals surface area contributed by atoms with E-state index < -0.39 is 0 Å². The van der Waals surface area contributed by atoms with Crippen LogP contribution in [0.5, 0.6) is 11.5 Å². The summed E-state index contributed by atoms with van der Waals surface area (Å²) in [7, 11) is 3.39. The minimum atomic E-state index is 0.179. The monoisotopic (exact) mass is 251 g/mol. The first-order valence-corrected chi connectivity index (χ1v) is 6.36. The molecule has 100 valence electrons. The molecule has 1 fully saturated rings. The van der Waals surface area contributed by atoms with Crippen molar-refractivity contribution in [3.8, 4) is 11.5 Å². The van der Waals surface area contributed by atoms with E-state index in [1.165, 1.54) is 0 Å². The topological polar surface area (TPSA) is 53.7 Å². The van der Waals surface area contributed by atoms with Gasteiger partial charge in [0.25, 0.3) is 0 Å². The molecule has 2 rings (SSSR count). The second kappa shape index (κ2) is 5.96. The van der Waals surface area contributed by atoms with Crippen molar-refractivity contribution in [1.82, 2.24) is 0 Å². The van der Waals surface area contributed by atoms with E-state index in [1.807, 2.05) is 18.2 Å². The Hall–Kier alpha value is -1.42. The van der Waals surface area contributed by atoms with Gasteiger partial charge < -0.3 is 19.9 Å². The molecule has 0 spiro atoms. The van der Waals surface area contributed by atoms with Crippen LogP contribution in [-0.2, 0) is 4.74 Å². The molecular formula is C14H21NO3. The predicted octanol–water partition coefficient (Wildman–Crippen LogP) is 2.61. The third kappa shape index (κ3) is 3.07. The van der Waals surface area contributed by atoms with Gasteiger partial charge in [0.2, 0.25) is 0 Å². The van der Waals surface area contributed by atoms with Gasteiger partial charge >= 0.3 is 0 Å². The summed E-state index contributed by atoms with van der Waals surface area (Å²) in [5.41, 5.74) is 6.57. The van der Waals surface area contributed by atoms with Crippen LogP contribution in [0.3, 0.4) is 0 Å². The lowest BCUT2D eigenvalue weighted by Crippen LogP contribution is -2.29. The molecule has 0 radical (unpaired) electrons. The standard InChI is InChI=1S/C14H21NO3/c1-16-10-4-3-5-12(8-10)18-14-9-11(17-2)6-7-13(14)15/h6-7,9-10,12H,3-5,8,15H2,1-2H3. The van der Waals surface area contributed by atoms with Gasteiger partial charge in [-0.25, -0.2) is 0 Å². The third-order valence-electron chi connectivity index (χ3n) is 3.43. The highest BCUT2D eigenvalue weighted by Gasteiger charge is 2.23. The van der Waals surface area contributed by atoms with Gasteiger partial charge in [-0.2, -0.15) is 0 Å². The van der Waals surface area contributed by atoms with Crippen LogP contribution < -0.4 is 15.2 Å². The van der Waals surface area contributed by atoms with E-state index in [9.17, 15) is 0 Å². The number of ether oxygens (including phenoxy) is 3. The van der Waals surface area contributed by atoms with E-state index in [-0.39, 0.29) is 6.10 Å². The van der Waals surface area contributed by atoms with Crippen LogP contribution >= 0.6 is 0 Å². The molecule has 0 bridgehead atoms. The minimum absolute atomic E-state index is 0.179. The zero-order valence-corrected chi connectivity index (χ0v) is 11.0. The fourth-order valence-electron chi connectivity index (χ4n) is 2.35. The van der Waals surface area contributed by atoms with Crippen LogP contribution in [0.15, 0.2) is 18.2 Å². The summed E-state index contributed by atoms with van der Waals surface area (Å²) in [5.74, 6) is 1.47. The minimum Gasteiger partial charge on any atom is -0.497 e. The van der Waals surface area contributed by atoms with Crippen molar-refractivity contribution in [1.29, 1.82) is 0 Å². The Bertz CT molecular complexity index is 395. The lowest BCUT2D eigenvalue weighted by atomic mass is 9.95. The van der Waals surface area contributed by atoms with Crippen molar-refractivity contribution in [2.45, 2.75) is 37.9 Å². The molecule has 0 aliphatic heterocycles. The van der Waals surface area contributed by atoms with Crippen molar-refractivity contribution >= 4 is 5.69 Å². The first kappa shape index (κ1) is 13.0. The van der Waals surface area contributed by atoms with Gasteiger partial charge in [0.05, 0.1) is 18.9 Å². The number of nitrogen functional groups attached to an aromatic ring is 1. The molecule has 4 nitrogen and oxygen atoms in total. The highest BCUT2D eigenvalue weighted by molar-refractivity contribution is 5.55. The molecule has 1 aliphatic rings. The summed E-state index contributed by atoms with van der Waals surface area (Å²) in [6.07, 6.45) is 4.70. The maximum atomic E-state index is 5.98. The Kier molecular flexibility index (Phi) is 4.31. The molecule has 18 heavy (non-hydrogen) atoms. The smallest absolute Gasteiger partial charge is 0.146 e. The summed E-state index contributed by atoms with van der Waals surface area (Å²) < 4.78 is 16.6. The fourth-order valence-corrected chi connectivity index (χ4v) is 2.35. The maximum Gasteiger partial charge on any atom is 0.146 e. The molecule has 0 amide bonds. The lowest BCUT2D eigenvalue weighted by Gasteiger charge is -2.29. The number of hydrogen-bond acceptors (Lipinski definition) is 4. The Balaban J connectivity index is 2.04. The SMILES string of the molecule is COc1ccc(N)c(OC2CCCC(OC)C2)c1. The summed E-state index contributed by atoms with van der Waals surface area (Å²) in [6.45, 7) is 0. The molecule has 1 saturated carbocycles. The van der Waals surface area contributed by atoms with Crippen LogP contribution in [-0.4, -0.2) is 26.4 Å². The number of methoxy groups -OCH3 is 2. The number of nitrogens with two attached hydrogens (primary N) is 1. The number of rotatable bonds is 4. The normalized spacial score (nSPS) is 23.7. The Morgan fingerprint density at radius 3 is 2.67 bits per heavy atom. The van der Waals surface area contributed by atoms with Gasteiger partial charge in [-0.1, -0.05) is 0 Å². The molecule has 0 saturated heterocycles. The second-order valence-electron chi connectivity index (χ2n) is 4.67. The van der Waals surface area contributed by atoms with Crippen molar-refractivity contribution in [3.63, 3.8) is 0 Å². The van der Waals surface area contributed by atoms with E-state index in [4.69, 9.17) is 19.9 Å². The average Bonchev–Trinajstić information content (AvgIpc) is 2.41. The number of benzene rings is 1. The van der Waals surface area contributed by atoms with Gasteiger partial charge in [0.1, 0.15) is 17.6 Å². The van der Waals surface area contributed by atoms with Crippen LogP contribution in [0, 0.1) is 0 Å². The van der Waals surface area contributed by atoms with E-state index in [0.717, 1.165) is 31.4 Å². The van der Waals surface area contributed by atoms with Gasteiger partial charge in [0.15, 0.2) is 0 Å². The maximum absolute atomic E-state index is 5.98. The highest BCUT2D eigenvalue weighted by Crippen LogP contribution is 2.31. The zero-order valence-electron chi connectivity index (χ0n) is 11.0. The van der Waals surface area contributed by atoms with Gasteiger partial charge in [-0.3, -0.25) is 0 Å². The Morgan fingerprint density at radius 1 is 1.17 bits per heavy atom. The van der Waals surface area contributed by atoms with E-state index in [2.05, 4.69) is 0 Å². The highest BCUT2D eigenvalue weighted by atomic mass is 16.5. The second-order valence-corrected chi connectivity index (χ2v) is 4.67. The van der Waals surface area contributed by atoms with Crippen LogP contribution in [0.2, 0.25) is 0 Å². The summed E-state index contributed by atoms with van der Waals surface area (Å²) in [4.78, 5) is 0. The molecule has 1 aromatic carbocycles. The first-order chi connectivity index (χ1) is 8.72. The lowest BCUT2D eigenvalue weighted by molar-refractivity contribution is 0.0211. The van der Waals surface area contributed by atoms with Crippen molar-refractivity contribution in [3.05, 3.63) is 18.2 Å². The van der Waals surface area contributed by atoms with E-state index in [0.29, 0.717) is 17.5 Å². The summed E-state index contributed by atoms with van der Waals surface area (Å²) in [5, 5.41) is 0. The Morgan fingerprint density at radius 2 is 1.94 bits per heavy atom. The average molecular weight is 251 g/mol. The first-order valence-electron chi connectivity index (χ1n) is 6.36. The number of hydrogen-bond donors (Lipinski definition) is 1. The van der Waals surface area contributed by atoms with Crippen LogP contribution in [0.1, 0.15) is 25.7 Å². The molecule has 4 heteroatoms. The quantitative estimate of drug-likeness (QED) is 0.836.